The molecule has 1 aromatic heterocycles. The number of aromatic nitrogens is 2. The first-order valence-electron chi connectivity index (χ1n) is 9.11. The van der Waals surface area contributed by atoms with Gasteiger partial charge in [0.25, 0.3) is 5.91 Å². The van der Waals surface area contributed by atoms with Crippen LogP contribution in [0.1, 0.15) is 46.7 Å². The number of carboxylic acids is 1. The second-order valence-electron chi connectivity index (χ2n) is 7.92. The van der Waals surface area contributed by atoms with Gasteiger partial charge in [0.1, 0.15) is 5.56 Å². The molecule has 7 nitrogen and oxygen atoms in total. The third-order valence-electron chi connectivity index (χ3n) is 6.00. The molecule has 0 bridgehead atoms. The molecule has 7 heteroatoms. The average molecular weight is 369 g/mol. The first kappa shape index (κ1) is 17.7. The third-order valence-corrected chi connectivity index (χ3v) is 6.00. The molecule has 1 aliphatic carbocycles. The zero-order chi connectivity index (χ0) is 19.3. The van der Waals surface area contributed by atoms with E-state index in [-0.39, 0.29) is 29.0 Å². The largest absolute Gasteiger partial charge is 0.478 e. The number of rotatable bonds is 4. The molecule has 0 spiro atoms. The maximum Gasteiger partial charge on any atom is 0.339 e. The summed E-state index contributed by atoms with van der Waals surface area (Å²) in [6.45, 7) is 6.74. The summed E-state index contributed by atoms with van der Waals surface area (Å²) in [6, 6.07) is 7.13. The molecule has 2 heterocycles. The standard InChI is InChI=1S/C20H23N3O4/c1-11-15(19(25)26)10-21-23(11)13-6-4-12(5-7-13)18(24)22-16-14-8-9-27-17(14)20(16,2)3/h4-7,10,14,16-17H,8-9H2,1-3H3,(H,22,24)(H,25,26). The average Bonchev–Trinajstić information content (AvgIpc) is 3.25. The van der Waals surface area contributed by atoms with E-state index in [1.807, 2.05) is 0 Å². The van der Waals surface area contributed by atoms with E-state index < -0.39 is 5.97 Å². The minimum absolute atomic E-state index is 0.0594. The smallest absolute Gasteiger partial charge is 0.339 e. The van der Waals surface area contributed by atoms with Gasteiger partial charge in [-0.3, -0.25) is 4.79 Å². The number of carboxylic acid groups (broad SMARTS) is 1. The minimum Gasteiger partial charge on any atom is -0.478 e. The van der Waals surface area contributed by atoms with Crippen molar-refractivity contribution in [2.45, 2.75) is 39.3 Å². The fourth-order valence-corrected chi connectivity index (χ4v) is 4.48. The number of carbonyl (C=O) groups is 2. The van der Waals surface area contributed by atoms with Crippen molar-refractivity contribution < 1.29 is 19.4 Å². The lowest BCUT2D eigenvalue weighted by Crippen LogP contribution is -2.66. The number of amides is 1. The molecule has 27 heavy (non-hydrogen) atoms. The molecule has 3 unspecified atom stereocenters. The number of carbonyl (C=O) groups excluding carboxylic acids is 1. The van der Waals surface area contributed by atoms with Gasteiger partial charge in [-0.25, -0.2) is 9.48 Å². The molecule has 3 atom stereocenters. The van der Waals surface area contributed by atoms with Crippen LogP contribution in [0.15, 0.2) is 30.5 Å². The van der Waals surface area contributed by atoms with Crippen LogP contribution in [0, 0.1) is 18.3 Å². The van der Waals surface area contributed by atoms with Crippen LogP contribution < -0.4 is 5.32 Å². The Morgan fingerprint density at radius 3 is 2.63 bits per heavy atom. The van der Waals surface area contributed by atoms with Crippen molar-refractivity contribution in [2.75, 3.05) is 6.61 Å². The van der Waals surface area contributed by atoms with Gasteiger partial charge in [-0.05, 0) is 37.6 Å². The van der Waals surface area contributed by atoms with Crippen molar-refractivity contribution in [1.82, 2.24) is 15.1 Å². The zero-order valence-corrected chi connectivity index (χ0v) is 15.6. The van der Waals surface area contributed by atoms with E-state index in [0.717, 1.165) is 13.0 Å². The molecule has 0 radical (unpaired) electrons. The number of nitrogens with one attached hydrogen (secondary N) is 1. The van der Waals surface area contributed by atoms with Crippen LogP contribution in [0.4, 0.5) is 0 Å². The lowest BCUT2D eigenvalue weighted by atomic mass is 9.57. The van der Waals surface area contributed by atoms with Gasteiger partial charge in [0.05, 0.1) is 23.7 Å². The van der Waals surface area contributed by atoms with E-state index >= 15 is 0 Å². The Hall–Kier alpha value is -2.67. The van der Waals surface area contributed by atoms with E-state index in [9.17, 15) is 9.59 Å². The van der Waals surface area contributed by atoms with Crippen molar-refractivity contribution >= 4 is 11.9 Å². The number of fused-ring (bicyclic) bond motifs is 1. The van der Waals surface area contributed by atoms with E-state index in [0.29, 0.717) is 22.9 Å². The summed E-state index contributed by atoms with van der Waals surface area (Å²) in [4.78, 5) is 23.8. The van der Waals surface area contributed by atoms with Gasteiger partial charge in [0.2, 0.25) is 0 Å². The van der Waals surface area contributed by atoms with Crippen LogP contribution in [0.25, 0.3) is 5.69 Å². The van der Waals surface area contributed by atoms with E-state index in [4.69, 9.17) is 9.84 Å². The first-order chi connectivity index (χ1) is 12.8. The normalized spacial score (nSPS) is 25.5. The number of benzene rings is 1. The van der Waals surface area contributed by atoms with Gasteiger partial charge in [-0.1, -0.05) is 13.8 Å². The number of ether oxygens (including phenoxy) is 1. The molecule has 142 valence electrons. The fraction of sp³-hybridized carbons (Fsp3) is 0.450. The minimum atomic E-state index is -1.01. The Kier molecular flexibility index (Phi) is 4.07. The topological polar surface area (TPSA) is 93.5 Å². The molecule has 2 N–H and O–H groups in total. The van der Waals surface area contributed by atoms with E-state index in [1.54, 1.807) is 35.9 Å². The monoisotopic (exact) mass is 369 g/mol. The Morgan fingerprint density at radius 1 is 1.30 bits per heavy atom. The SMILES string of the molecule is Cc1c(C(=O)O)cnn1-c1ccc(C(=O)NC2C3CCOC3C2(C)C)cc1. The Labute approximate surface area is 157 Å². The molecular weight excluding hydrogens is 346 g/mol. The number of hydrogen-bond donors (Lipinski definition) is 2. The van der Waals surface area contributed by atoms with Crippen LogP contribution >= 0.6 is 0 Å². The second-order valence-corrected chi connectivity index (χ2v) is 7.92. The highest BCUT2D eigenvalue weighted by Gasteiger charge is 2.59. The first-order valence-corrected chi connectivity index (χ1v) is 9.11. The maximum atomic E-state index is 12.7. The lowest BCUT2D eigenvalue weighted by Gasteiger charge is -2.54. The van der Waals surface area contributed by atoms with Crippen molar-refractivity contribution in [3.05, 3.63) is 47.3 Å². The summed E-state index contributed by atoms with van der Waals surface area (Å²) in [5, 5.41) is 16.4. The van der Waals surface area contributed by atoms with E-state index in [2.05, 4.69) is 24.3 Å². The molecule has 2 aromatic rings. The third kappa shape index (κ3) is 2.73. The Morgan fingerprint density at radius 2 is 2.00 bits per heavy atom. The molecule has 2 aliphatic rings. The highest BCUT2D eigenvalue weighted by Crippen LogP contribution is 2.52. The van der Waals surface area contributed by atoms with Crippen LogP contribution in [-0.4, -0.2) is 45.5 Å². The predicted octanol–water partition coefficient (Wildman–Crippen LogP) is 2.42. The van der Waals surface area contributed by atoms with Gasteiger partial charge in [-0.15, -0.1) is 0 Å². The summed E-state index contributed by atoms with van der Waals surface area (Å²) in [7, 11) is 0. The molecule has 1 saturated carbocycles. The van der Waals surface area contributed by atoms with Crippen molar-refractivity contribution in [3.63, 3.8) is 0 Å². The molecule has 1 aliphatic heterocycles. The zero-order valence-electron chi connectivity index (χ0n) is 15.6. The van der Waals surface area contributed by atoms with Crippen LogP contribution in [0.3, 0.4) is 0 Å². The van der Waals surface area contributed by atoms with Crippen molar-refractivity contribution in [1.29, 1.82) is 0 Å². The van der Waals surface area contributed by atoms with Crippen LogP contribution in [0.5, 0.6) is 0 Å². The quantitative estimate of drug-likeness (QED) is 0.863. The van der Waals surface area contributed by atoms with Crippen LogP contribution in [0.2, 0.25) is 0 Å². The van der Waals surface area contributed by atoms with Crippen molar-refractivity contribution in [2.24, 2.45) is 11.3 Å². The molecule has 2 fully saturated rings. The highest BCUT2D eigenvalue weighted by molar-refractivity contribution is 5.94. The summed E-state index contributed by atoms with van der Waals surface area (Å²) >= 11 is 0. The summed E-state index contributed by atoms with van der Waals surface area (Å²) in [5.74, 6) is -0.718. The van der Waals surface area contributed by atoms with Crippen LogP contribution in [-0.2, 0) is 4.74 Å². The molecule has 4 rings (SSSR count). The molecule has 1 aromatic carbocycles. The molecule has 1 amide bonds. The van der Waals surface area contributed by atoms with Gasteiger partial charge in [0.15, 0.2) is 0 Å². The number of nitrogens with zero attached hydrogens (tertiary/aromatic N) is 2. The summed E-state index contributed by atoms with van der Waals surface area (Å²) in [6.07, 6.45) is 2.55. The van der Waals surface area contributed by atoms with Gasteiger partial charge < -0.3 is 15.2 Å². The Balaban J connectivity index is 1.49. The Bertz CT molecular complexity index is 900. The number of aromatic carboxylic acids is 1. The predicted molar refractivity (Wildman–Crippen MR) is 98.1 cm³/mol. The van der Waals surface area contributed by atoms with Gasteiger partial charge in [-0.2, -0.15) is 5.10 Å². The second kappa shape index (κ2) is 6.20. The maximum absolute atomic E-state index is 12.7. The van der Waals surface area contributed by atoms with E-state index in [1.165, 1.54) is 6.20 Å². The van der Waals surface area contributed by atoms with Gasteiger partial charge >= 0.3 is 5.97 Å². The summed E-state index contributed by atoms with van der Waals surface area (Å²) in [5.41, 5.74) is 1.93. The van der Waals surface area contributed by atoms with Crippen molar-refractivity contribution in [3.8, 4) is 5.69 Å². The van der Waals surface area contributed by atoms with Gasteiger partial charge in [0, 0.05) is 29.5 Å². The lowest BCUT2D eigenvalue weighted by molar-refractivity contribution is -0.108. The molecule has 1 saturated heterocycles. The summed E-state index contributed by atoms with van der Waals surface area (Å²) < 4.78 is 7.33. The number of hydrogen-bond acceptors (Lipinski definition) is 4. The fourth-order valence-electron chi connectivity index (χ4n) is 4.48. The molecular formula is C20H23N3O4. The highest BCUT2D eigenvalue weighted by atomic mass is 16.5.